The minimum atomic E-state index is -1.16. The predicted molar refractivity (Wildman–Crippen MR) is 119 cm³/mol. The van der Waals surface area contributed by atoms with Gasteiger partial charge in [0.25, 0.3) is 0 Å². The van der Waals surface area contributed by atoms with Crippen molar-refractivity contribution in [2.24, 2.45) is 0 Å². The first-order valence-corrected chi connectivity index (χ1v) is 9.51. The zero-order valence-electron chi connectivity index (χ0n) is 18.1. The summed E-state index contributed by atoms with van der Waals surface area (Å²) >= 11 is 0. The van der Waals surface area contributed by atoms with Crippen molar-refractivity contribution in [2.75, 3.05) is 14.2 Å². The van der Waals surface area contributed by atoms with Gasteiger partial charge >= 0.3 is 23.9 Å². The smallest absolute Gasteiger partial charge is 0.338 e. The number of carbonyl (C=O) groups is 4. The van der Waals surface area contributed by atoms with Crippen molar-refractivity contribution in [3.63, 3.8) is 0 Å². The van der Waals surface area contributed by atoms with Crippen molar-refractivity contribution in [1.82, 2.24) is 0 Å². The number of carbonyl (C=O) groups excluding carboxylic acids is 4. The van der Waals surface area contributed by atoms with Crippen LogP contribution in [0.4, 0.5) is 0 Å². The summed E-state index contributed by atoms with van der Waals surface area (Å²) in [5.41, 5.74) is 0.992. The average Bonchev–Trinajstić information content (AvgIpc) is 2.81. The molecule has 0 atom stereocenters. The lowest BCUT2D eigenvalue weighted by Gasteiger charge is -2.03. The predicted octanol–water partition coefficient (Wildman–Crippen LogP) is 2.54. The summed E-state index contributed by atoms with van der Waals surface area (Å²) in [5, 5.41) is 19.1. The zero-order valence-corrected chi connectivity index (χ0v) is 18.1. The summed E-state index contributed by atoms with van der Waals surface area (Å²) in [5.74, 6) is -4.12. The first-order valence-electron chi connectivity index (χ1n) is 9.51. The Kier molecular flexibility index (Phi) is 9.15. The quantitative estimate of drug-likeness (QED) is 0.337. The van der Waals surface area contributed by atoms with E-state index in [1.54, 1.807) is 0 Å². The summed E-state index contributed by atoms with van der Waals surface area (Å²) < 4.78 is 18.8. The number of hydrogen-bond acceptors (Lipinski definition) is 10. The molecular weight excluding hydrogens is 448 g/mol. The Labute approximate surface area is 193 Å². The number of esters is 4. The normalized spacial score (nSPS) is 11.0. The highest BCUT2D eigenvalue weighted by molar-refractivity contribution is 6.03. The van der Waals surface area contributed by atoms with E-state index in [0.717, 1.165) is 12.2 Å². The highest BCUT2D eigenvalue weighted by atomic mass is 16.6. The summed E-state index contributed by atoms with van der Waals surface area (Å²) in [6, 6.07) is 8.65. The van der Waals surface area contributed by atoms with Gasteiger partial charge in [-0.15, -0.1) is 0 Å². The third-order valence-electron chi connectivity index (χ3n) is 3.99. The molecule has 0 heterocycles. The molecule has 0 radical (unpaired) electrons. The van der Waals surface area contributed by atoms with Crippen LogP contribution in [0.15, 0.2) is 60.7 Å². The zero-order chi connectivity index (χ0) is 25.1. The third-order valence-corrected chi connectivity index (χ3v) is 3.99. The number of rotatable bonds is 8. The van der Waals surface area contributed by atoms with Crippen LogP contribution in [0.3, 0.4) is 0 Å². The van der Waals surface area contributed by atoms with Crippen LogP contribution in [0.2, 0.25) is 0 Å². The van der Waals surface area contributed by atoms with Gasteiger partial charge in [0.2, 0.25) is 0 Å². The maximum atomic E-state index is 11.7. The highest BCUT2D eigenvalue weighted by Crippen LogP contribution is 2.27. The van der Waals surface area contributed by atoms with E-state index in [2.05, 4.69) is 9.47 Å². The van der Waals surface area contributed by atoms with Crippen LogP contribution in [0.25, 0.3) is 12.2 Å². The van der Waals surface area contributed by atoms with Crippen LogP contribution in [0, 0.1) is 0 Å². The molecule has 0 aliphatic carbocycles. The Morgan fingerprint density at radius 3 is 1.32 bits per heavy atom. The SMILES string of the molecule is COc1cc(/C=C/C(=O)OC(=O)/C=C\C(=O)OC(=O)/C=C/c2ccc(O)c(OC)c2)ccc1O. The fourth-order valence-corrected chi connectivity index (χ4v) is 2.39. The Morgan fingerprint density at radius 2 is 0.971 bits per heavy atom. The molecule has 0 saturated carbocycles. The fourth-order valence-electron chi connectivity index (χ4n) is 2.39. The standard InChI is InChI=1S/C24H20O10/c1-31-19-13-15(3-7-17(19)25)5-9-21(27)33-23(29)11-12-24(30)34-22(28)10-6-16-4-8-18(26)20(14-16)32-2/h3-14,25-26H,1-2H3/b9-5+,10-6+,12-11-. The van der Waals surface area contributed by atoms with E-state index >= 15 is 0 Å². The molecule has 0 fully saturated rings. The molecular formula is C24H20O10. The largest absolute Gasteiger partial charge is 0.504 e. The van der Waals surface area contributed by atoms with Gasteiger partial charge in [0.15, 0.2) is 23.0 Å². The molecule has 2 aromatic rings. The van der Waals surface area contributed by atoms with Crippen molar-refractivity contribution in [2.45, 2.75) is 0 Å². The second-order valence-electron chi connectivity index (χ2n) is 6.34. The van der Waals surface area contributed by atoms with Gasteiger partial charge in [-0.05, 0) is 47.5 Å². The van der Waals surface area contributed by atoms with Gasteiger partial charge in [-0.25, -0.2) is 19.2 Å². The molecule has 34 heavy (non-hydrogen) atoms. The van der Waals surface area contributed by atoms with E-state index in [-0.39, 0.29) is 23.0 Å². The van der Waals surface area contributed by atoms with Crippen molar-refractivity contribution < 1.29 is 48.3 Å². The maximum Gasteiger partial charge on any atom is 0.338 e. The second kappa shape index (κ2) is 12.2. The van der Waals surface area contributed by atoms with Crippen LogP contribution in [-0.2, 0) is 28.7 Å². The van der Waals surface area contributed by atoms with Gasteiger partial charge in [-0.3, -0.25) is 0 Å². The lowest BCUT2D eigenvalue weighted by molar-refractivity contribution is -0.155. The van der Waals surface area contributed by atoms with Crippen LogP contribution in [0.5, 0.6) is 23.0 Å². The molecule has 10 nitrogen and oxygen atoms in total. The molecule has 0 saturated heterocycles. The number of aromatic hydroxyl groups is 2. The van der Waals surface area contributed by atoms with Gasteiger partial charge in [-0.1, -0.05) is 12.1 Å². The Balaban J connectivity index is 1.84. The minimum Gasteiger partial charge on any atom is -0.504 e. The molecule has 0 unspecified atom stereocenters. The Hall–Kier alpha value is -4.86. The molecule has 176 valence electrons. The average molecular weight is 468 g/mol. The summed E-state index contributed by atoms with van der Waals surface area (Å²) in [6.07, 6.45) is 5.82. The maximum absolute atomic E-state index is 11.7. The van der Waals surface area contributed by atoms with Gasteiger partial charge in [-0.2, -0.15) is 0 Å². The Morgan fingerprint density at radius 1 is 0.618 bits per heavy atom. The van der Waals surface area contributed by atoms with Crippen molar-refractivity contribution in [1.29, 1.82) is 0 Å². The minimum absolute atomic E-state index is 0.0796. The lowest BCUT2D eigenvalue weighted by atomic mass is 10.2. The van der Waals surface area contributed by atoms with E-state index < -0.39 is 23.9 Å². The number of ether oxygens (including phenoxy) is 4. The van der Waals surface area contributed by atoms with Crippen molar-refractivity contribution >= 4 is 36.0 Å². The number of hydrogen-bond donors (Lipinski definition) is 2. The van der Waals surface area contributed by atoms with Gasteiger partial charge in [0, 0.05) is 24.3 Å². The number of benzene rings is 2. The third kappa shape index (κ3) is 8.00. The van der Waals surface area contributed by atoms with Gasteiger partial charge in [0.05, 0.1) is 14.2 Å². The highest BCUT2D eigenvalue weighted by Gasteiger charge is 2.09. The van der Waals surface area contributed by atoms with Crippen LogP contribution in [0.1, 0.15) is 11.1 Å². The van der Waals surface area contributed by atoms with Gasteiger partial charge in [0.1, 0.15) is 0 Å². The topological polar surface area (TPSA) is 146 Å². The summed E-state index contributed by atoms with van der Waals surface area (Å²) in [7, 11) is 2.73. The van der Waals surface area contributed by atoms with E-state index in [0.29, 0.717) is 23.3 Å². The van der Waals surface area contributed by atoms with Crippen molar-refractivity contribution in [3.05, 3.63) is 71.8 Å². The first-order chi connectivity index (χ1) is 16.2. The fraction of sp³-hybridized carbons (Fsp3) is 0.0833. The van der Waals surface area contributed by atoms with E-state index in [1.807, 2.05) is 0 Å². The second-order valence-corrected chi connectivity index (χ2v) is 6.34. The first kappa shape index (κ1) is 25.4. The lowest BCUT2D eigenvalue weighted by Crippen LogP contribution is -2.10. The molecule has 0 spiro atoms. The molecule has 2 rings (SSSR count). The number of phenols is 2. The number of phenolic OH excluding ortho intramolecular Hbond substituents is 2. The molecule has 0 aromatic heterocycles. The molecule has 0 amide bonds. The molecule has 0 bridgehead atoms. The monoisotopic (exact) mass is 468 g/mol. The van der Waals surface area contributed by atoms with Crippen LogP contribution < -0.4 is 9.47 Å². The number of methoxy groups -OCH3 is 2. The van der Waals surface area contributed by atoms with E-state index in [4.69, 9.17) is 9.47 Å². The molecule has 10 heteroatoms. The van der Waals surface area contributed by atoms with E-state index in [1.165, 1.54) is 62.8 Å². The molecule has 0 aliphatic rings. The van der Waals surface area contributed by atoms with Gasteiger partial charge < -0.3 is 29.2 Å². The molecule has 0 aliphatic heterocycles. The summed E-state index contributed by atoms with van der Waals surface area (Å²) in [4.78, 5) is 46.7. The van der Waals surface area contributed by atoms with E-state index in [9.17, 15) is 29.4 Å². The Bertz CT molecular complexity index is 1080. The summed E-state index contributed by atoms with van der Waals surface area (Å²) in [6.45, 7) is 0. The van der Waals surface area contributed by atoms with Crippen molar-refractivity contribution in [3.8, 4) is 23.0 Å². The van der Waals surface area contributed by atoms with Crippen LogP contribution in [-0.4, -0.2) is 48.3 Å². The molecule has 2 N–H and O–H groups in total. The molecule has 2 aromatic carbocycles. The van der Waals surface area contributed by atoms with Crippen LogP contribution >= 0.6 is 0 Å².